The van der Waals surface area contributed by atoms with Crippen LogP contribution in [0, 0.1) is 5.92 Å². The summed E-state index contributed by atoms with van der Waals surface area (Å²) in [6.07, 6.45) is -1.74. The van der Waals surface area contributed by atoms with Crippen molar-refractivity contribution in [1.82, 2.24) is 20.1 Å². The minimum atomic E-state index is -1.39. The molecule has 13 nitrogen and oxygen atoms in total. The van der Waals surface area contributed by atoms with Crippen molar-refractivity contribution in [3.63, 3.8) is 0 Å². The van der Waals surface area contributed by atoms with Crippen molar-refractivity contribution in [2.24, 2.45) is 5.92 Å². The molecule has 0 spiro atoms. The van der Waals surface area contributed by atoms with Gasteiger partial charge in [0.15, 0.2) is 0 Å². The zero-order valence-corrected chi connectivity index (χ0v) is 24.4. The second kappa shape index (κ2) is 14.8. The highest BCUT2D eigenvalue weighted by Gasteiger charge is 2.33. The third-order valence-corrected chi connectivity index (χ3v) is 7.11. The highest BCUT2D eigenvalue weighted by molar-refractivity contribution is 5.98. The molecule has 2 unspecified atom stereocenters. The number of carboxylic acid groups (broad SMARTS) is 1. The summed E-state index contributed by atoms with van der Waals surface area (Å²) >= 11 is 0. The van der Waals surface area contributed by atoms with Gasteiger partial charge in [-0.3, -0.25) is 14.4 Å². The van der Waals surface area contributed by atoms with Crippen LogP contribution in [0.2, 0.25) is 0 Å². The molecule has 1 aliphatic rings. The minimum absolute atomic E-state index is 0.0244. The van der Waals surface area contributed by atoms with E-state index in [2.05, 4.69) is 10.3 Å². The Morgan fingerprint density at radius 1 is 0.955 bits per heavy atom. The summed E-state index contributed by atoms with van der Waals surface area (Å²) in [6.45, 7) is 2.61. The zero-order valence-electron chi connectivity index (χ0n) is 24.4. The number of amides is 3. The van der Waals surface area contributed by atoms with E-state index in [1.54, 1.807) is 61.5 Å². The quantitative estimate of drug-likeness (QED) is 0.245. The Bertz CT molecular complexity index is 1510. The van der Waals surface area contributed by atoms with Crippen LogP contribution in [-0.4, -0.2) is 96.2 Å². The summed E-state index contributed by atoms with van der Waals surface area (Å²) in [5.74, 6) is -4.32. The number of carbonyl (C=O) groups is 5. The number of rotatable bonds is 11. The molecule has 3 amide bonds. The van der Waals surface area contributed by atoms with Gasteiger partial charge in [0.1, 0.15) is 17.4 Å². The first-order valence-electron chi connectivity index (χ1n) is 14.1. The average molecular weight is 607 g/mol. The van der Waals surface area contributed by atoms with Crippen LogP contribution in [0.4, 0.5) is 4.79 Å². The molecule has 1 saturated heterocycles. The number of piperazine rings is 1. The number of aromatic nitrogens is 1. The number of methoxy groups -OCH3 is 1. The molecule has 0 radical (unpaired) electrons. The van der Waals surface area contributed by atoms with Gasteiger partial charge in [-0.15, -0.1) is 0 Å². The van der Waals surface area contributed by atoms with E-state index in [9.17, 15) is 29.1 Å². The molecule has 2 N–H and O–H groups in total. The fourth-order valence-electron chi connectivity index (χ4n) is 4.79. The van der Waals surface area contributed by atoms with Gasteiger partial charge in [0, 0.05) is 49.7 Å². The van der Waals surface area contributed by atoms with E-state index in [4.69, 9.17) is 14.2 Å². The van der Waals surface area contributed by atoms with E-state index in [1.165, 1.54) is 23.0 Å². The molecule has 1 aromatic heterocycles. The molecule has 1 aliphatic heterocycles. The van der Waals surface area contributed by atoms with E-state index < -0.39 is 41.9 Å². The largest absolute Gasteiger partial charge is 0.481 e. The van der Waals surface area contributed by atoms with Crippen LogP contribution in [0.5, 0.6) is 5.75 Å². The van der Waals surface area contributed by atoms with Crippen LogP contribution in [0.15, 0.2) is 60.7 Å². The van der Waals surface area contributed by atoms with Crippen LogP contribution in [-0.2, 0) is 23.9 Å². The van der Waals surface area contributed by atoms with E-state index in [-0.39, 0.29) is 57.2 Å². The Hall–Kier alpha value is -5.20. The van der Waals surface area contributed by atoms with Gasteiger partial charge in [-0.1, -0.05) is 42.5 Å². The highest BCUT2D eigenvalue weighted by Crippen LogP contribution is 2.30. The maximum Gasteiger partial charge on any atom is 0.409 e. The molecular formula is C31H34N4O9. The molecule has 3 aromatic rings. The Morgan fingerprint density at radius 2 is 1.61 bits per heavy atom. The molecule has 0 aliphatic carbocycles. The lowest BCUT2D eigenvalue weighted by Gasteiger charge is -2.35. The fraction of sp³-hybridized carbons (Fsp3) is 0.355. The van der Waals surface area contributed by atoms with E-state index in [1.807, 2.05) is 0 Å². The molecule has 2 heterocycles. The molecule has 13 heteroatoms. The van der Waals surface area contributed by atoms with Crippen molar-refractivity contribution < 1.29 is 43.3 Å². The van der Waals surface area contributed by atoms with Crippen molar-refractivity contribution >= 4 is 40.7 Å². The predicted molar refractivity (Wildman–Crippen MR) is 157 cm³/mol. The summed E-state index contributed by atoms with van der Waals surface area (Å²) in [7, 11) is 1.25. The minimum Gasteiger partial charge on any atom is -0.481 e. The monoisotopic (exact) mass is 606 g/mol. The first-order valence-corrected chi connectivity index (χ1v) is 14.1. The third kappa shape index (κ3) is 7.60. The molecule has 232 valence electrons. The van der Waals surface area contributed by atoms with Crippen LogP contribution >= 0.6 is 0 Å². The lowest BCUT2D eigenvalue weighted by atomic mass is 10.0. The number of carboxylic acids is 1. The van der Waals surface area contributed by atoms with Crippen LogP contribution in [0.3, 0.4) is 0 Å². The van der Waals surface area contributed by atoms with Gasteiger partial charge < -0.3 is 34.4 Å². The van der Waals surface area contributed by atoms with Crippen molar-refractivity contribution in [2.75, 3.05) is 46.4 Å². The number of fused-ring (bicyclic) bond motifs is 1. The number of pyridine rings is 1. The molecule has 4 rings (SSSR count). The number of para-hydroxylation sites is 1. The maximum absolute atomic E-state index is 13.1. The number of aliphatic carboxylic acids is 1. The van der Waals surface area contributed by atoms with E-state index in [0.29, 0.717) is 16.5 Å². The molecule has 0 saturated carbocycles. The predicted octanol–water partition coefficient (Wildman–Crippen LogP) is 2.65. The SMILES string of the molecule is CCOC(=O)N1CCN(C(=O)C(CCNC(=O)c2cc(OC(C(=O)OC)c3ccccc3)c3ccccc3n2)C(=O)O)CC1. The summed E-state index contributed by atoms with van der Waals surface area (Å²) in [5.41, 5.74) is 0.967. The van der Waals surface area contributed by atoms with Gasteiger partial charge >= 0.3 is 18.0 Å². The number of ether oxygens (including phenoxy) is 3. The second-order valence-electron chi connectivity index (χ2n) is 9.90. The van der Waals surface area contributed by atoms with Crippen LogP contribution in [0.25, 0.3) is 10.9 Å². The molecule has 2 aromatic carbocycles. The second-order valence-corrected chi connectivity index (χ2v) is 9.90. The number of hydrogen-bond acceptors (Lipinski definition) is 9. The van der Waals surface area contributed by atoms with Crippen LogP contribution in [0.1, 0.15) is 35.5 Å². The first-order chi connectivity index (χ1) is 21.2. The smallest absolute Gasteiger partial charge is 0.409 e. The highest BCUT2D eigenvalue weighted by atomic mass is 16.6. The molecule has 1 fully saturated rings. The summed E-state index contributed by atoms with van der Waals surface area (Å²) in [5, 5.41) is 13.0. The van der Waals surface area contributed by atoms with Gasteiger partial charge in [0.05, 0.1) is 19.2 Å². The summed E-state index contributed by atoms with van der Waals surface area (Å²) in [6, 6.07) is 17.1. The Balaban J connectivity index is 1.44. The first kappa shape index (κ1) is 31.7. The summed E-state index contributed by atoms with van der Waals surface area (Å²) in [4.78, 5) is 70.0. The fourth-order valence-corrected chi connectivity index (χ4v) is 4.79. The van der Waals surface area contributed by atoms with E-state index >= 15 is 0 Å². The third-order valence-electron chi connectivity index (χ3n) is 7.11. The molecule has 0 bridgehead atoms. The van der Waals surface area contributed by atoms with Crippen molar-refractivity contribution in [3.05, 3.63) is 71.9 Å². The maximum atomic E-state index is 13.1. The Morgan fingerprint density at radius 3 is 2.27 bits per heavy atom. The van der Waals surface area contributed by atoms with Crippen molar-refractivity contribution in [2.45, 2.75) is 19.4 Å². The number of benzene rings is 2. The molecule has 2 atom stereocenters. The van der Waals surface area contributed by atoms with Gasteiger partial charge in [-0.2, -0.15) is 0 Å². The Kier molecular flexibility index (Phi) is 10.7. The van der Waals surface area contributed by atoms with Crippen molar-refractivity contribution in [1.29, 1.82) is 0 Å². The normalized spacial score (nSPS) is 14.3. The van der Waals surface area contributed by atoms with Gasteiger partial charge in [-0.05, 0) is 25.5 Å². The zero-order chi connectivity index (χ0) is 31.6. The van der Waals surface area contributed by atoms with Crippen molar-refractivity contribution in [3.8, 4) is 5.75 Å². The van der Waals surface area contributed by atoms with E-state index in [0.717, 1.165) is 0 Å². The lowest BCUT2D eigenvalue weighted by molar-refractivity contribution is -0.152. The number of carbonyl (C=O) groups excluding carboxylic acids is 4. The Labute approximate surface area is 253 Å². The number of nitrogens with zero attached hydrogens (tertiary/aromatic N) is 3. The number of hydrogen-bond donors (Lipinski definition) is 2. The topological polar surface area (TPSA) is 165 Å². The van der Waals surface area contributed by atoms with Crippen LogP contribution < -0.4 is 10.1 Å². The number of nitrogens with one attached hydrogen (secondary N) is 1. The standard InChI is InChI=1S/C31H34N4O9/c1-3-43-31(41)35-17-15-34(16-18-35)28(37)22(29(38)39)13-14-32-27(36)24-19-25(21-11-7-8-12-23(21)33-24)44-26(30(40)42-2)20-9-5-4-6-10-20/h4-12,19,22,26H,3,13-18H2,1-2H3,(H,32,36)(H,38,39). The molecule has 44 heavy (non-hydrogen) atoms. The summed E-state index contributed by atoms with van der Waals surface area (Å²) < 4.78 is 16.0. The molecular weight excluding hydrogens is 572 g/mol. The van der Waals surface area contributed by atoms with Gasteiger partial charge in [-0.25, -0.2) is 14.6 Å². The number of esters is 1. The van der Waals surface area contributed by atoms with Gasteiger partial charge in [0.25, 0.3) is 5.91 Å². The lowest BCUT2D eigenvalue weighted by Crippen LogP contribution is -2.53. The average Bonchev–Trinajstić information content (AvgIpc) is 3.05. The van der Waals surface area contributed by atoms with Gasteiger partial charge in [0.2, 0.25) is 12.0 Å².